The molecule has 0 saturated carbocycles. The Hall–Kier alpha value is -1.14. The molecule has 1 aliphatic heterocycles. The fourth-order valence-corrected chi connectivity index (χ4v) is 1.67. The number of hydrogen-bond donors (Lipinski definition) is 0. The lowest BCUT2D eigenvalue weighted by atomic mass is 10.3. The van der Waals surface area contributed by atoms with E-state index in [1.165, 1.54) is 0 Å². The topological polar surface area (TPSA) is 53.1 Å². The van der Waals surface area contributed by atoms with E-state index in [0.717, 1.165) is 32.6 Å². The van der Waals surface area contributed by atoms with Gasteiger partial charge in [-0.1, -0.05) is 0 Å². The molecule has 1 saturated heterocycles. The van der Waals surface area contributed by atoms with Crippen molar-refractivity contribution in [2.45, 2.75) is 6.92 Å². The van der Waals surface area contributed by atoms with Gasteiger partial charge in [-0.2, -0.15) is 0 Å². The zero-order valence-electron chi connectivity index (χ0n) is 9.89. The molecule has 0 aromatic heterocycles. The maximum Gasteiger partial charge on any atom is 0.320 e. The fourth-order valence-electron chi connectivity index (χ4n) is 1.67. The second-order valence-electron chi connectivity index (χ2n) is 3.71. The monoisotopic (exact) mass is 229 g/mol. The summed E-state index contributed by atoms with van der Waals surface area (Å²) >= 11 is 0. The zero-order chi connectivity index (χ0) is 12.0. The highest BCUT2D eigenvalue weighted by Crippen LogP contribution is 2.02. The minimum atomic E-state index is -0.181. The molecule has 0 unspecified atom stereocenters. The van der Waals surface area contributed by atoms with Crippen molar-refractivity contribution in [3.8, 4) is 0 Å². The normalized spacial score (nSPS) is 18.1. The number of piperazine rings is 1. The molecule has 0 bridgehead atoms. The number of hydrazine groups is 1. The van der Waals surface area contributed by atoms with Gasteiger partial charge in [-0.05, 0) is 6.92 Å². The van der Waals surface area contributed by atoms with Crippen molar-refractivity contribution in [1.82, 2.24) is 14.9 Å². The zero-order valence-corrected chi connectivity index (χ0v) is 9.89. The van der Waals surface area contributed by atoms with Crippen LogP contribution in [0.4, 0.5) is 0 Å². The van der Waals surface area contributed by atoms with Gasteiger partial charge in [-0.3, -0.25) is 19.5 Å². The maximum atomic E-state index is 11.2. The first-order valence-corrected chi connectivity index (χ1v) is 5.48. The molecule has 0 aromatic carbocycles. The third-order valence-electron chi connectivity index (χ3n) is 2.61. The molecule has 1 heterocycles. The number of hydrogen-bond acceptors (Lipinski definition) is 5. The van der Waals surface area contributed by atoms with Gasteiger partial charge in [-0.25, -0.2) is 5.01 Å². The highest BCUT2D eigenvalue weighted by Gasteiger charge is 2.20. The molecule has 6 nitrogen and oxygen atoms in total. The SMILES string of the molecule is CCOC(=O)CN1CCN(N(C)C=O)CC1. The molecule has 16 heavy (non-hydrogen) atoms. The Balaban J connectivity index is 2.26. The van der Waals surface area contributed by atoms with E-state index in [4.69, 9.17) is 4.74 Å². The number of ether oxygens (including phenoxy) is 1. The molecule has 1 rings (SSSR count). The first kappa shape index (κ1) is 12.9. The van der Waals surface area contributed by atoms with Crippen LogP contribution in [0.2, 0.25) is 0 Å². The van der Waals surface area contributed by atoms with Crippen LogP contribution < -0.4 is 0 Å². The van der Waals surface area contributed by atoms with E-state index in [1.807, 2.05) is 9.91 Å². The average molecular weight is 229 g/mol. The minimum Gasteiger partial charge on any atom is -0.465 e. The van der Waals surface area contributed by atoms with Crippen molar-refractivity contribution in [3.05, 3.63) is 0 Å². The third-order valence-corrected chi connectivity index (χ3v) is 2.61. The first-order chi connectivity index (χ1) is 7.67. The Morgan fingerprint density at radius 2 is 2.00 bits per heavy atom. The Morgan fingerprint density at radius 3 is 2.50 bits per heavy atom. The van der Waals surface area contributed by atoms with Gasteiger partial charge in [0.2, 0.25) is 6.41 Å². The Labute approximate surface area is 95.7 Å². The second-order valence-corrected chi connectivity index (χ2v) is 3.71. The highest BCUT2D eigenvalue weighted by atomic mass is 16.5. The molecule has 0 aromatic rings. The van der Waals surface area contributed by atoms with Gasteiger partial charge in [0.25, 0.3) is 0 Å². The van der Waals surface area contributed by atoms with E-state index >= 15 is 0 Å². The maximum absolute atomic E-state index is 11.2. The molecule has 0 aliphatic carbocycles. The molecule has 1 aliphatic rings. The van der Waals surface area contributed by atoms with Crippen LogP contribution in [0.5, 0.6) is 0 Å². The van der Waals surface area contributed by atoms with Crippen LogP contribution in [0.15, 0.2) is 0 Å². The molecule has 6 heteroatoms. The molecular formula is C10H19N3O3. The third kappa shape index (κ3) is 3.79. The van der Waals surface area contributed by atoms with Crippen LogP contribution in [0, 0.1) is 0 Å². The van der Waals surface area contributed by atoms with Crippen molar-refractivity contribution >= 4 is 12.4 Å². The van der Waals surface area contributed by atoms with Gasteiger partial charge in [0.1, 0.15) is 0 Å². The summed E-state index contributed by atoms with van der Waals surface area (Å²) in [4.78, 5) is 23.8. The van der Waals surface area contributed by atoms with Crippen LogP contribution in [0.25, 0.3) is 0 Å². The van der Waals surface area contributed by atoms with Crippen molar-refractivity contribution in [2.75, 3.05) is 46.4 Å². The summed E-state index contributed by atoms with van der Waals surface area (Å²) in [5.41, 5.74) is 0. The summed E-state index contributed by atoms with van der Waals surface area (Å²) in [7, 11) is 1.73. The van der Waals surface area contributed by atoms with Crippen LogP contribution >= 0.6 is 0 Å². The van der Waals surface area contributed by atoms with Gasteiger partial charge in [-0.15, -0.1) is 0 Å². The smallest absolute Gasteiger partial charge is 0.320 e. The molecule has 1 amide bonds. The fraction of sp³-hybridized carbons (Fsp3) is 0.800. The van der Waals surface area contributed by atoms with Gasteiger partial charge in [0.05, 0.1) is 13.2 Å². The predicted molar refractivity (Wildman–Crippen MR) is 58.5 cm³/mol. The van der Waals surface area contributed by atoms with Crippen molar-refractivity contribution in [2.24, 2.45) is 0 Å². The van der Waals surface area contributed by atoms with Crippen molar-refractivity contribution < 1.29 is 14.3 Å². The Bertz CT molecular complexity index is 239. The quantitative estimate of drug-likeness (QED) is 0.455. The van der Waals surface area contributed by atoms with E-state index in [-0.39, 0.29) is 5.97 Å². The van der Waals surface area contributed by atoms with Crippen LogP contribution in [-0.2, 0) is 14.3 Å². The molecule has 92 valence electrons. The van der Waals surface area contributed by atoms with Crippen LogP contribution in [0.1, 0.15) is 6.92 Å². The average Bonchev–Trinajstić information content (AvgIpc) is 2.29. The number of rotatable bonds is 5. The second kappa shape index (κ2) is 6.44. The van der Waals surface area contributed by atoms with E-state index in [2.05, 4.69) is 0 Å². The van der Waals surface area contributed by atoms with E-state index in [0.29, 0.717) is 13.2 Å². The summed E-state index contributed by atoms with van der Waals surface area (Å²) in [6.45, 7) is 5.63. The summed E-state index contributed by atoms with van der Waals surface area (Å²) < 4.78 is 4.88. The minimum absolute atomic E-state index is 0.181. The lowest BCUT2D eigenvalue weighted by Gasteiger charge is -2.37. The lowest BCUT2D eigenvalue weighted by Crippen LogP contribution is -2.53. The Morgan fingerprint density at radius 1 is 1.38 bits per heavy atom. The number of nitrogens with zero attached hydrogens (tertiary/aromatic N) is 3. The van der Waals surface area contributed by atoms with E-state index < -0.39 is 0 Å². The van der Waals surface area contributed by atoms with Gasteiger partial charge in [0, 0.05) is 33.2 Å². The summed E-state index contributed by atoms with van der Waals surface area (Å²) in [5, 5.41) is 3.50. The van der Waals surface area contributed by atoms with Gasteiger partial charge >= 0.3 is 5.97 Å². The van der Waals surface area contributed by atoms with Gasteiger partial charge in [0.15, 0.2) is 0 Å². The summed E-state index contributed by atoms with van der Waals surface area (Å²) in [6, 6.07) is 0. The van der Waals surface area contributed by atoms with E-state index in [1.54, 1.807) is 19.0 Å². The Kier molecular flexibility index (Phi) is 5.21. The molecule has 0 radical (unpaired) electrons. The molecule has 0 atom stereocenters. The van der Waals surface area contributed by atoms with Crippen LogP contribution in [-0.4, -0.2) is 73.7 Å². The van der Waals surface area contributed by atoms with Gasteiger partial charge < -0.3 is 4.74 Å². The standard InChI is InChI=1S/C10H19N3O3/c1-3-16-10(15)8-12-4-6-13(7-5-12)11(2)9-14/h9H,3-8H2,1-2H3. The molecule has 0 spiro atoms. The summed E-state index contributed by atoms with van der Waals surface area (Å²) in [5.74, 6) is -0.181. The number of amides is 1. The summed E-state index contributed by atoms with van der Waals surface area (Å²) in [6.07, 6.45) is 0.793. The first-order valence-electron chi connectivity index (χ1n) is 5.48. The number of carbonyl (C=O) groups excluding carboxylic acids is 2. The van der Waals surface area contributed by atoms with Crippen molar-refractivity contribution in [3.63, 3.8) is 0 Å². The lowest BCUT2D eigenvalue weighted by molar-refractivity contribution is -0.147. The predicted octanol–water partition coefficient (Wildman–Crippen LogP) is -0.830. The highest BCUT2D eigenvalue weighted by molar-refractivity contribution is 5.71. The number of carbonyl (C=O) groups is 2. The molecule has 0 N–H and O–H groups in total. The number of esters is 1. The largest absolute Gasteiger partial charge is 0.465 e. The molecule has 1 fully saturated rings. The van der Waals surface area contributed by atoms with Crippen LogP contribution in [0.3, 0.4) is 0 Å². The van der Waals surface area contributed by atoms with E-state index in [9.17, 15) is 9.59 Å². The van der Waals surface area contributed by atoms with Crippen molar-refractivity contribution in [1.29, 1.82) is 0 Å². The molecular weight excluding hydrogens is 210 g/mol.